The van der Waals surface area contributed by atoms with Gasteiger partial charge in [-0.05, 0) is 11.6 Å². The van der Waals surface area contributed by atoms with E-state index >= 15 is 0 Å². The molecule has 20 heavy (non-hydrogen) atoms. The zero-order valence-corrected chi connectivity index (χ0v) is 10.7. The predicted molar refractivity (Wildman–Crippen MR) is 69.3 cm³/mol. The van der Waals surface area contributed by atoms with Gasteiger partial charge >= 0.3 is 5.69 Å². The summed E-state index contributed by atoms with van der Waals surface area (Å²) in [7, 11) is 0. The number of halogens is 1. The number of nitro benzene ring substituents is 1. The van der Waals surface area contributed by atoms with Gasteiger partial charge in [0.05, 0.1) is 4.92 Å². The minimum atomic E-state index is -0.877. The van der Waals surface area contributed by atoms with E-state index in [9.17, 15) is 19.3 Å². The fraction of sp³-hybridized carbons (Fsp3) is 0.417. The third-order valence-electron chi connectivity index (χ3n) is 3.28. The van der Waals surface area contributed by atoms with Crippen LogP contribution in [-0.2, 0) is 11.3 Å². The Labute approximate surface area is 114 Å². The van der Waals surface area contributed by atoms with Gasteiger partial charge in [0, 0.05) is 32.2 Å². The van der Waals surface area contributed by atoms with E-state index in [0.717, 1.165) is 12.1 Å². The van der Waals surface area contributed by atoms with Crippen molar-refractivity contribution in [2.45, 2.75) is 12.6 Å². The predicted octanol–water partition coefficient (Wildman–Crippen LogP) is -0.00700. The van der Waals surface area contributed by atoms with Crippen LogP contribution < -0.4 is 11.1 Å². The van der Waals surface area contributed by atoms with E-state index in [1.807, 2.05) is 4.90 Å². The number of rotatable bonds is 4. The van der Waals surface area contributed by atoms with Crippen molar-refractivity contribution in [2.24, 2.45) is 5.73 Å². The van der Waals surface area contributed by atoms with Crippen LogP contribution in [0.1, 0.15) is 5.56 Å². The van der Waals surface area contributed by atoms with Gasteiger partial charge in [0.25, 0.3) is 0 Å². The average molecular weight is 282 g/mol. The lowest BCUT2D eigenvalue weighted by atomic mass is 10.1. The number of piperazine rings is 1. The van der Waals surface area contributed by atoms with Gasteiger partial charge in [-0.25, -0.2) is 0 Å². The molecule has 1 aliphatic rings. The zero-order chi connectivity index (χ0) is 14.7. The topological polar surface area (TPSA) is 102 Å². The Balaban J connectivity index is 2.14. The number of nitrogens with two attached hydrogens (primary N) is 1. The van der Waals surface area contributed by atoms with Gasteiger partial charge in [0.15, 0.2) is 0 Å². The molecule has 1 amide bonds. The van der Waals surface area contributed by atoms with Crippen molar-refractivity contribution in [1.29, 1.82) is 0 Å². The molecule has 1 aromatic rings. The molecule has 0 aliphatic carbocycles. The number of amides is 1. The molecule has 1 atom stereocenters. The number of hydrogen-bond acceptors (Lipinski definition) is 5. The van der Waals surface area contributed by atoms with Crippen molar-refractivity contribution < 1.29 is 14.1 Å². The number of primary amides is 1. The lowest BCUT2D eigenvalue weighted by Gasteiger charge is -2.34. The summed E-state index contributed by atoms with van der Waals surface area (Å²) >= 11 is 0. The highest BCUT2D eigenvalue weighted by Gasteiger charge is 2.27. The quantitative estimate of drug-likeness (QED) is 0.597. The summed E-state index contributed by atoms with van der Waals surface area (Å²) in [4.78, 5) is 23.0. The molecule has 8 heteroatoms. The maximum Gasteiger partial charge on any atom is 0.304 e. The van der Waals surface area contributed by atoms with Gasteiger partial charge in [0.1, 0.15) is 6.04 Å². The number of nitro groups is 1. The van der Waals surface area contributed by atoms with E-state index in [1.54, 1.807) is 0 Å². The normalized spacial score (nSPS) is 19.8. The van der Waals surface area contributed by atoms with E-state index in [2.05, 4.69) is 5.32 Å². The van der Waals surface area contributed by atoms with E-state index < -0.39 is 28.4 Å². The molecule has 7 nitrogen and oxygen atoms in total. The summed E-state index contributed by atoms with van der Waals surface area (Å²) < 4.78 is 13.5. The Morgan fingerprint density at radius 1 is 1.60 bits per heavy atom. The van der Waals surface area contributed by atoms with Crippen molar-refractivity contribution in [3.05, 3.63) is 39.7 Å². The first-order valence-electron chi connectivity index (χ1n) is 6.16. The molecule has 0 aromatic heterocycles. The van der Waals surface area contributed by atoms with Crippen molar-refractivity contribution >= 4 is 11.6 Å². The van der Waals surface area contributed by atoms with Crippen molar-refractivity contribution in [3.8, 4) is 0 Å². The monoisotopic (exact) mass is 282 g/mol. The second-order valence-corrected chi connectivity index (χ2v) is 4.64. The Morgan fingerprint density at radius 3 is 2.95 bits per heavy atom. The minimum Gasteiger partial charge on any atom is -0.368 e. The van der Waals surface area contributed by atoms with Crippen LogP contribution in [-0.4, -0.2) is 41.4 Å². The number of hydrogen-bond donors (Lipinski definition) is 2. The molecule has 1 fully saturated rings. The Hall–Kier alpha value is -2.06. The number of nitrogens with zero attached hydrogens (tertiary/aromatic N) is 2. The lowest BCUT2D eigenvalue weighted by Crippen LogP contribution is -2.56. The van der Waals surface area contributed by atoms with Crippen LogP contribution in [0.15, 0.2) is 18.2 Å². The van der Waals surface area contributed by atoms with E-state index in [0.29, 0.717) is 31.7 Å². The third-order valence-corrected chi connectivity index (χ3v) is 3.28. The second kappa shape index (κ2) is 5.93. The van der Waals surface area contributed by atoms with Crippen LogP contribution in [0.25, 0.3) is 0 Å². The molecule has 1 unspecified atom stereocenters. The molecule has 1 saturated heterocycles. The highest BCUT2D eigenvalue weighted by molar-refractivity contribution is 5.80. The fourth-order valence-electron chi connectivity index (χ4n) is 2.25. The van der Waals surface area contributed by atoms with Crippen molar-refractivity contribution in [1.82, 2.24) is 10.2 Å². The molecule has 3 N–H and O–H groups in total. The van der Waals surface area contributed by atoms with Crippen LogP contribution in [0.3, 0.4) is 0 Å². The number of carbonyl (C=O) groups excluding carboxylic acids is 1. The minimum absolute atomic E-state index is 0.324. The molecule has 0 saturated carbocycles. The van der Waals surface area contributed by atoms with E-state index in [4.69, 9.17) is 5.73 Å². The highest BCUT2D eigenvalue weighted by Crippen LogP contribution is 2.19. The fourth-order valence-corrected chi connectivity index (χ4v) is 2.25. The molecular weight excluding hydrogens is 267 g/mol. The first kappa shape index (κ1) is 14.4. The van der Waals surface area contributed by atoms with Gasteiger partial charge in [0.2, 0.25) is 11.7 Å². The van der Waals surface area contributed by atoms with Crippen molar-refractivity contribution in [2.75, 3.05) is 19.6 Å². The van der Waals surface area contributed by atoms with Crippen LogP contribution in [0.2, 0.25) is 0 Å². The summed E-state index contributed by atoms with van der Waals surface area (Å²) in [6, 6.07) is 3.29. The van der Waals surface area contributed by atoms with Crippen LogP contribution in [0.5, 0.6) is 0 Å². The van der Waals surface area contributed by atoms with Crippen LogP contribution in [0, 0.1) is 15.9 Å². The SMILES string of the molecule is NC(=O)C1CNCCN1Cc1ccc([N+](=O)[O-])c(F)c1. The summed E-state index contributed by atoms with van der Waals surface area (Å²) in [6.07, 6.45) is 0. The first-order chi connectivity index (χ1) is 9.49. The summed E-state index contributed by atoms with van der Waals surface area (Å²) in [5.41, 5.74) is 5.34. The smallest absolute Gasteiger partial charge is 0.304 e. The largest absolute Gasteiger partial charge is 0.368 e. The highest BCUT2D eigenvalue weighted by atomic mass is 19.1. The van der Waals surface area contributed by atoms with Gasteiger partial charge < -0.3 is 11.1 Å². The molecule has 1 aromatic carbocycles. The maximum absolute atomic E-state index is 13.5. The summed E-state index contributed by atoms with van der Waals surface area (Å²) in [6.45, 7) is 2.08. The number of carbonyl (C=O) groups is 1. The second-order valence-electron chi connectivity index (χ2n) is 4.64. The molecule has 2 rings (SSSR count). The zero-order valence-electron chi connectivity index (χ0n) is 10.7. The Bertz CT molecular complexity index is 537. The first-order valence-corrected chi connectivity index (χ1v) is 6.16. The van der Waals surface area contributed by atoms with Gasteiger partial charge in [-0.3, -0.25) is 19.8 Å². The third kappa shape index (κ3) is 3.09. The molecule has 0 spiro atoms. The molecule has 1 heterocycles. The van der Waals surface area contributed by atoms with Gasteiger partial charge in [-0.15, -0.1) is 0 Å². The average Bonchev–Trinajstić information content (AvgIpc) is 2.38. The van der Waals surface area contributed by atoms with E-state index in [-0.39, 0.29) is 0 Å². The van der Waals surface area contributed by atoms with E-state index in [1.165, 1.54) is 6.07 Å². The molecule has 0 radical (unpaired) electrons. The van der Waals surface area contributed by atoms with Crippen LogP contribution in [0.4, 0.5) is 10.1 Å². The summed E-state index contributed by atoms with van der Waals surface area (Å²) in [5.74, 6) is -1.32. The lowest BCUT2D eigenvalue weighted by molar-refractivity contribution is -0.387. The number of nitrogens with one attached hydrogen (secondary N) is 1. The van der Waals surface area contributed by atoms with Gasteiger partial charge in [-0.1, -0.05) is 6.07 Å². The maximum atomic E-state index is 13.5. The van der Waals surface area contributed by atoms with Crippen LogP contribution >= 0.6 is 0 Å². The molecule has 0 bridgehead atoms. The summed E-state index contributed by atoms with van der Waals surface area (Å²) in [5, 5.41) is 13.6. The standard InChI is InChI=1S/C12H15FN4O3/c13-9-5-8(1-2-10(9)17(19)20)7-16-4-3-15-6-11(16)12(14)18/h1-2,5,11,15H,3-4,6-7H2,(H2,14,18). The number of benzene rings is 1. The Morgan fingerprint density at radius 2 is 2.35 bits per heavy atom. The Kier molecular flexibility index (Phi) is 4.26. The molecule has 108 valence electrons. The van der Waals surface area contributed by atoms with Crippen molar-refractivity contribution in [3.63, 3.8) is 0 Å². The molecular formula is C12H15FN4O3. The molecule has 1 aliphatic heterocycles. The van der Waals surface area contributed by atoms with Gasteiger partial charge in [-0.2, -0.15) is 4.39 Å².